The fourth-order valence-corrected chi connectivity index (χ4v) is 1.45. The number of carbonyl (C=O) groups excluding carboxylic acids is 1. The van der Waals surface area contributed by atoms with Crippen LogP contribution in [0.5, 0.6) is 0 Å². The van der Waals surface area contributed by atoms with Gasteiger partial charge in [-0.2, -0.15) is 0 Å². The second-order valence-corrected chi connectivity index (χ2v) is 3.46. The van der Waals surface area contributed by atoms with Gasteiger partial charge < -0.3 is 13.8 Å². The first-order valence-electron chi connectivity index (χ1n) is 3.98. The van der Waals surface area contributed by atoms with E-state index in [1.54, 1.807) is 13.8 Å². The van der Waals surface area contributed by atoms with E-state index in [9.17, 15) is 9.36 Å². The van der Waals surface area contributed by atoms with Crippen LogP contribution < -0.4 is 0 Å². The number of ether oxygens (including phenoxy) is 1. The molecule has 0 N–H and O–H groups in total. The van der Waals surface area contributed by atoms with Gasteiger partial charge in [0.15, 0.2) is 0 Å². The third kappa shape index (κ3) is 4.89. The molecule has 0 aromatic heterocycles. The molecule has 0 aromatic carbocycles. The molecule has 0 spiro atoms. The minimum Gasteiger partial charge on any atom is -0.434 e. The van der Waals surface area contributed by atoms with Crippen molar-refractivity contribution in [2.24, 2.45) is 0 Å². The topological polar surface area (TPSA) is 71.1 Å². The van der Waals surface area contributed by atoms with Crippen LogP contribution in [0.15, 0.2) is 12.8 Å². The Morgan fingerprint density at radius 2 is 2.07 bits per heavy atom. The average Bonchev–Trinajstić information content (AvgIpc) is 2.04. The van der Waals surface area contributed by atoms with Crippen molar-refractivity contribution >= 4 is 14.0 Å². The molecule has 6 nitrogen and oxygen atoms in total. The Bertz CT molecular complexity index is 238. The zero-order chi connectivity index (χ0) is 11.0. The molecule has 0 heterocycles. The normalized spacial score (nSPS) is 13.9. The second-order valence-electron chi connectivity index (χ2n) is 1.91. The molecular formula is C7H13O6P. The van der Waals surface area contributed by atoms with E-state index in [1.807, 2.05) is 0 Å². The number of phosphoric acid groups is 1. The maximum Gasteiger partial charge on any atom is 0.591 e. The summed E-state index contributed by atoms with van der Waals surface area (Å²) in [6.45, 7) is 6.52. The molecule has 0 aromatic rings. The quantitative estimate of drug-likeness (QED) is 0.392. The first kappa shape index (κ1) is 13.0. The van der Waals surface area contributed by atoms with Crippen LogP contribution in [0.1, 0.15) is 13.8 Å². The number of phosphoric ester groups is 1. The SMILES string of the molecule is C=COP(=O)(OCC)OC(=O)OCC. The van der Waals surface area contributed by atoms with Gasteiger partial charge in [0.05, 0.1) is 19.5 Å². The summed E-state index contributed by atoms with van der Waals surface area (Å²) < 4.78 is 29.3. The van der Waals surface area contributed by atoms with E-state index < -0.39 is 14.0 Å². The van der Waals surface area contributed by atoms with Gasteiger partial charge in [-0.3, -0.25) is 4.52 Å². The van der Waals surface area contributed by atoms with E-state index in [0.717, 1.165) is 6.26 Å². The molecule has 0 aliphatic heterocycles. The summed E-state index contributed by atoms with van der Waals surface area (Å²) in [5.41, 5.74) is 0. The van der Waals surface area contributed by atoms with E-state index in [-0.39, 0.29) is 13.2 Å². The lowest BCUT2D eigenvalue weighted by Gasteiger charge is -2.13. The predicted octanol–water partition coefficient (Wildman–Crippen LogP) is 2.46. The van der Waals surface area contributed by atoms with Gasteiger partial charge in [0, 0.05) is 0 Å². The first-order valence-corrected chi connectivity index (χ1v) is 5.44. The molecule has 1 unspecified atom stereocenters. The van der Waals surface area contributed by atoms with Crippen LogP contribution in [-0.2, 0) is 22.9 Å². The van der Waals surface area contributed by atoms with Crippen LogP contribution >= 0.6 is 7.82 Å². The molecule has 0 saturated heterocycles. The van der Waals surface area contributed by atoms with E-state index in [2.05, 4.69) is 24.9 Å². The van der Waals surface area contributed by atoms with Crippen molar-refractivity contribution in [1.82, 2.24) is 0 Å². The van der Waals surface area contributed by atoms with Gasteiger partial charge in [-0.15, -0.1) is 0 Å². The number of rotatable bonds is 6. The zero-order valence-corrected chi connectivity index (χ0v) is 8.99. The van der Waals surface area contributed by atoms with Gasteiger partial charge in [-0.05, 0) is 13.8 Å². The summed E-state index contributed by atoms with van der Waals surface area (Å²) >= 11 is 0. The molecular weight excluding hydrogens is 211 g/mol. The summed E-state index contributed by atoms with van der Waals surface area (Å²) in [7, 11) is -3.90. The minimum atomic E-state index is -3.90. The van der Waals surface area contributed by atoms with Crippen LogP contribution in [0.3, 0.4) is 0 Å². The average molecular weight is 224 g/mol. The van der Waals surface area contributed by atoms with E-state index >= 15 is 0 Å². The number of carbonyl (C=O) groups is 1. The fourth-order valence-electron chi connectivity index (χ4n) is 0.563. The molecule has 0 rings (SSSR count). The van der Waals surface area contributed by atoms with Crippen LogP contribution in [0.25, 0.3) is 0 Å². The largest absolute Gasteiger partial charge is 0.591 e. The van der Waals surface area contributed by atoms with Crippen LogP contribution in [0.4, 0.5) is 4.79 Å². The lowest BCUT2D eigenvalue weighted by molar-refractivity contribution is 0.0818. The van der Waals surface area contributed by atoms with Gasteiger partial charge >= 0.3 is 14.0 Å². The van der Waals surface area contributed by atoms with Crippen molar-refractivity contribution in [1.29, 1.82) is 0 Å². The summed E-state index contributed by atoms with van der Waals surface area (Å²) in [5, 5.41) is 0. The highest BCUT2D eigenvalue weighted by Gasteiger charge is 2.31. The molecule has 0 radical (unpaired) electrons. The van der Waals surface area contributed by atoms with Gasteiger partial charge in [-0.1, -0.05) is 6.58 Å². The Labute approximate surface area is 82.4 Å². The smallest absolute Gasteiger partial charge is 0.434 e. The van der Waals surface area contributed by atoms with Gasteiger partial charge in [0.25, 0.3) is 0 Å². The Kier molecular flexibility index (Phi) is 5.99. The molecule has 82 valence electrons. The Morgan fingerprint density at radius 1 is 1.43 bits per heavy atom. The van der Waals surface area contributed by atoms with Crippen LogP contribution in [0, 0.1) is 0 Å². The highest BCUT2D eigenvalue weighted by molar-refractivity contribution is 7.49. The summed E-state index contributed by atoms with van der Waals surface area (Å²) in [6.07, 6.45) is -0.235. The molecule has 7 heteroatoms. The van der Waals surface area contributed by atoms with Crippen molar-refractivity contribution in [3.63, 3.8) is 0 Å². The monoisotopic (exact) mass is 224 g/mol. The number of hydrogen-bond donors (Lipinski definition) is 0. The van der Waals surface area contributed by atoms with E-state index in [0.29, 0.717) is 0 Å². The van der Waals surface area contributed by atoms with Crippen molar-refractivity contribution < 1.29 is 27.7 Å². The predicted molar refractivity (Wildman–Crippen MR) is 48.6 cm³/mol. The van der Waals surface area contributed by atoms with Crippen LogP contribution in [-0.4, -0.2) is 19.4 Å². The van der Waals surface area contributed by atoms with Crippen molar-refractivity contribution in [3.05, 3.63) is 12.8 Å². The third-order valence-corrected chi connectivity index (χ3v) is 2.29. The molecule has 0 aliphatic carbocycles. The molecule has 0 bridgehead atoms. The van der Waals surface area contributed by atoms with Crippen molar-refractivity contribution in [3.8, 4) is 0 Å². The van der Waals surface area contributed by atoms with Gasteiger partial charge in [0.2, 0.25) is 0 Å². The Hall–Kier alpha value is -1.00. The first-order chi connectivity index (χ1) is 6.58. The standard InChI is InChI=1S/C7H13O6P/c1-4-10-7(8)13-14(9,11-5-2)12-6-3/h5H,2,4,6H2,1,3H3. The lowest BCUT2D eigenvalue weighted by atomic mass is 10.9. The molecule has 0 fully saturated rings. The second kappa shape index (κ2) is 6.45. The Morgan fingerprint density at radius 3 is 2.50 bits per heavy atom. The minimum absolute atomic E-state index is 0.0739. The molecule has 14 heavy (non-hydrogen) atoms. The van der Waals surface area contributed by atoms with Crippen molar-refractivity contribution in [2.75, 3.05) is 13.2 Å². The maximum atomic E-state index is 11.5. The highest BCUT2D eigenvalue weighted by atomic mass is 31.2. The van der Waals surface area contributed by atoms with Crippen molar-refractivity contribution in [2.45, 2.75) is 13.8 Å². The summed E-state index contributed by atoms with van der Waals surface area (Å²) in [4.78, 5) is 10.8. The number of hydrogen-bond acceptors (Lipinski definition) is 6. The third-order valence-electron chi connectivity index (χ3n) is 0.939. The fraction of sp³-hybridized carbons (Fsp3) is 0.571. The van der Waals surface area contributed by atoms with Crippen LogP contribution in [0.2, 0.25) is 0 Å². The Balaban J connectivity index is 4.28. The van der Waals surface area contributed by atoms with E-state index in [1.165, 1.54) is 0 Å². The zero-order valence-electron chi connectivity index (χ0n) is 8.10. The lowest BCUT2D eigenvalue weighted by Crippen LogP contribution is -2.07. The maximum absolute atomic E-state index is 11.5. The summed E-state index contributed by atoms with van der Waals surface area (Å²) in [6, 6.07) is 0. The molecule has 0 amide bonds. The van der Waals surface area contributed by atoms with Gasteiger partial charge in [0.1, 0.15) is 0 Å². The van der Waals surface area contributed by atoms with Gasteiger partial charge in [-0.25, -0.2) is 9.36 Å². The summed E-state index contributed by atoms with van der Waals surface area (Å²) in [5.74, 6) is 0. The molecule has 0 saturated carbocycles. The van der Waals surface area contributed by atoms with E-state index in [4.69, 9.17) is 0 Å². The molecule has 0 aliphatic rings. The highest BCUT2D eigenvalue weighted by Crippen LogP contribution is 2.49. The molecule has 1 atom stereocenters.